The molecule has 0 amide bonds. The molecular formula is C13H19N3O4S. The van der Waals surface area contributed by atoms with E-state index in [4.69, 9.17) is 5.73 Å². The number of anilines is 1. The second-order valence-corrected chi connectivity index (χ2v) is 7.06. The smallest absolute Gasteiger partial charge is 0.270 e. The van der Waals surface area contributed by atoms with Gasteiger partial charge in [-0.1, -0.05) is 19.3 Å². The van der Waals surface area contributed by atoms with E-state index in [1.54, 1.807) is 0 Å². The van der Waals surface area contributed by atoms with Crippen LogP contribution in [0.1, 0.15) is 32.1 Å². The van der Waals surface area contributed by atoms with Gasteiger partial charge in [0.2, 0.25) is 10.0 Å². The average Bonchev–Trinajstić information content (AvgIpc) is 2.37. The van der Waals surface area contributed by atoms with Crippen LogP contribution in [-0.2, 0) is 10.0 Å². The minimum atomic E-state index is -3.78. The van der Waals surface area contributed by atoms with Crippen molar-refractivity contribution in [3.63, 3.8) is 0 Å². The van der Waals surface area contributed by atoms with E-state index in [0.29, 0.717) is 13.1 Å². The molecule has 116 valence electrons. The zero-order chi connectivity index (χ0) is 15.5. The van der Waals surface area contributed by atoms with Gasteiger partial charge in [-0.25, -0.2) is 8.42 Å². The molecule has 1 aliphatic heterocycles. The summed E-state index contributed by atoms with van der Waals surface area (Å²) in [4.78, 5) is 10.0. The maximum Gasteiger partial charge on any atom is 0.270 e. The van der Waals surface area contributed by atoms with Gasteiger partial charge >= 0.3 is 0 Å². The van der Waals surface area contributed by atoms with Crippen molar-refractivity contribution < 1.29 is 13.3 Å². The number of non-ortho nitro benzene ring substituents is 1. The van der Waals surface area contributed by atoms with Gasteiger partial charge in [0.05, 0.1) is 10.6 Å². The highest BCUT2D eigenvalue weighted by Gasteiger charge is 2.28. The Bertz CT molecular complexity index is 622. The molecule has 1 fully saturated rings. The normalized spacial score (nSPS) is 17.9. The van der Waals surface area contributed by atoms with Crippen LogP contribution < -0.4 is 5.73 Å². The largest absolute Gasteiger partial charge is 0.398 e. The minimum Gasteiger partial charge on any atom is -0.398 e. The van der Waals surface area contributed by atoms with Crippen molar-refractivity contribution in [1.82, 2.24) is 4.31 Å². The predicted octanol–water partition coefficient (Wildman–Crippen LogP) is 2.13. The molecule has 0 saturated carbocycles. The second kappa shape index (κ2) is 6.40. The van der Waals surface area contributed by atoms with Gasteiger partial charge in [0.25, 0.3) is 5.69 Å². The van der Waals surface area contributed by atoms with E-state index >= 15 is 0 Å². The molecule has 2 N–H and O–H groups in total. The number of sulfonamides is 1. The van der Waals surface area contributed by atoms with Gasteiger partial charge in [0, 0.05) is 25.2 Å². The highest BCUT2D eigenvalue weighted by atomic mass is 32.2. The summed E-state index contributed by atoms with van der Waals surface area (Å²) in [5.74, 6) is 0. The lowest BCUT2D eigenvalue weighted by atomic mass is 10.1. The molecule has 7 nitrogen and oxygen atoms in total. The summed E-state index contributed by atoms with van der Waals surface area (Å²) in [6, 6.07) is 3.53. The number of nitro benzene ring substituents is 1. The van der Waals surface area contributed by atoms with E-state index in [9.17, 15) is 18.5 Å². The fourth-order valence-corrected chi connectivity index (χ4v) is 4.11. The third-order valence-corrected chi connectivity index (χ3v) is 5.60. The molecule has 1 aromatic carbocycles. The van der Waals surface area contributed by atoms with Crippen LogP contribution in [0.4, 0.5) is 11.4 Å². The first kappa shape index (κ1) is 15.7. The summed E-state index contributed by atoms with van der Waals surface area (Å²) in [5, 5.41) is 10.8. The van der Waals surface area contributed by atoms with Crippen LogP contribution in [0.25, 0.3) is 0 Å². The van der Waals surface area contributed by atoms with Crippen molar-refractivity contribution in [2.24, 2.45) is 0 Å². The summed E-state index contributed by atoms with van der Waals surface area (Å²) in [7, 11) is -3.78. The molecule has 1 saturated heterocycles. The molecule has 0 bridgehead atoms. The number of nitrogens with two attached hydrogens (primary N) is 1. The van der Waals surface area contributed by atoms with Gasteiger partial charge in [-0.3, -0.25) is 10.1 Å². The third kappa shape index (κ3) is 3.51. The van der Waals surface area contributed by atoms with Crippen LogP contribution in [0.3, 0.4) is 0 Å². The molecule has 1 heterocycles. The Morgan fingerprint density at radius 2 is 1.67 bits per heavy atom. The molecule has 0 atom stereocenters. The first-order valence-electron chi connectivity index (χ1n) is 6.97. The summed E-state index contributed by atoms with van der Waals surface area (Å²) in [5.41, 5.74) is 5.50. The number of nitrogens with zero attached hydrogens (tertiary/aromatic N) is 2. The third-order valence-electron chi connectivity index (χ3n) is 3.64. The molecule has 1 aliphatic rings. The molecule has 0 radical (unpaired) electrons. The maximum atomic E-state index is 12.7. The van der Waals surface area contributed by atoms with Crippen LogP contribution in [0.2, 0.25) is 0 Å². The monoisotopic (exact) mass is 313 g/mol. The number of benzene rings is 1. The quantitative estimate of drug-likeness (QED) is 0.522. The average molecular weight is 313 g/mol. The lowest BCUT2D eigenvalue weighted by Gasteiger charge is -2.24. The van der Waals surface area contributed by atoms with E-state index in [2.05, 4.69) is 0 Å². The SMILES string of the molecule is Nc1ccc([N+](=O)[O-])cc1S(=O)(=O)N1CCCCCCC1. The van der Waals surface area contributed by atoms with E-state index < -0.39 is 14.9 Å². The Hall–Kier alpha value is -1.67. The standard InChI is InChI=1S/C13H19N3O4S/c14-12-7-6-11(16(17)18)10-13(12)21(19,20)15-8-4-2-1-3-5-9-15/h6-7,10H,1-5,8-9,14H2. The summed E-state index contributed by atoms with van der Waals surface area (Å²) in [6.45, 7) is 0.870. The zero-order valence-corrected chi connectivity index (χ0v) is 12.5. The van der Waals surface area contributed by atoms with Crippen molar-refractivity contribution in [2.45, 2.75) is 37.0 Å². The van der Waals surface area contributed by atoms with Gasteiger partial charge in [-0.2, -0.15) is 4.31 Å². The number of hydrogen-bond donors (Lipinski definition) is 1. The molecule has 2 rings (SSSR count). The molecule has 0 unspecified atom stereocenters. The van der Waals surface area contributed by atoms with Crippen LogP contribution in [0.15, 0.2) is 23.1 Å². The van der Waals surface area contributed by atoms with Gasteiger partial charge in [0.15, 0.2) is 0 Å². The van der Waals surface area contributed by atoms with Crippen molar-refractivity contribution in [2.75, 3.05) is 18.8 Å². The van der Waals surface area contributed by atoms with Crippen LogP contribution in [0.5, 0.6) is 0 Å². The topological polar surface area (TPSA) is 107 Å². The lowest BCUT2D eigenvalue weighted by Crippen LogP contribution is -2.34. The predicted molar refractivity (Wildman–Crippen MR) is 79.4 cm³/mol. The van der Waals surface area contributed by atoms with Gasteiger partial charge in [-0.15, -0.1) is 0 Å². The fraction of sp³-hybridized carbons (Fsp3) is 0.538. The first-order chi connectivity index (χ1) is 9.93. The second-order valence-electron chi connectivity index (χ2n) is 5.15. The van der Waals surface area contributed by atoms with E-state index in [0.717, 1.165) is 38.2 Å². The Labute approximate surface area is 123 Å². The van der Waals surface area contributed by atoms with E-state index in [-0.39, 0.29) is 16.3 Å². The van der Waals surface area contributed by atoms with Crippen LogP contribution >= 0.6 is 0 Å². The Morgan fingerprint density at radius 1 is 1.10 bits per heavy atom. The molecule has 1 aromatic rings. The van der Waals surface area contributed by atoms with Crippen molar-refractivity contribution in [1.29, 1.82) is 0 Å². The van der Waals surface area contributed by atoms with Gasteiger partial charge < -0.3 is 5.73 Å². The van der Waals surface area contributed by atoms with Crippen LogP contribution in [-0.4, -0.2) is 30.7 Å². The van der Waals surface area contributed by atoms with E-state index in [1.165, 1.54) is 16.4 Å². The van der Waals surface area contributed by atoms with Crippen molar-refractivity contribution in [3.8, 4) is 0 Å². The molecule has 0 aliphatic carbocycles. The highest BCUT2D eigenvalue weighted by Crippen LogP contribution is 2.28. The number of hydrogen-bond acceptors (Lipinski definition) is 5. The van der Waals surface area contributed by atoms with Crippen molar-refractivity contribution >= 4 is 21.4 Å². The van der Waals surface area contributed by atoms with Gasteiger partial charge in [-0.05, 0) is 18.9 Å². The molecular weight excluding hydrogens is 294 g/mol. The van der Waals surface area contributed by atoms with Crippen LogP contribution in [0, 0.1) is 10.1 Å². The summed E-state index contributed by atoms with van der Waals surface area (Å²) >= 11 is 0. The molecule has 21 heavy (non-hydrogen) atoms. The maximum absolute atomic E-state index is 12.7. The molecule has 0 spiro atoms. The Balaban J connectivity index is 2.37. The zero-order valence-electron chi connectivity index (χ0n) is 11.7. The summed E-state index contributed by atoms with van der Waals surface area (Å²) < 4.78 is 26.7. The summed E-state index contributed by atoms with van der Waals surface area (Å²) in [6.07, 6.45) is 4.71. The number of rotatable bonds is 3. The first-order valence-corrected chi connectivity index (χ1v) is 8.41. The van der Waals surface area contributed by atoms with E-state index in [1.807, 2.05) is 0 Å². The lowest BCUT2D eigenvalue weighted by molar-refractivity contribution is -0.385. The highest BCUT2D eigenvalue weighted by molar-refractivity contribution is 7.89. The molecule has 8 heteroatoms. The Kier molecular flexibility index (Phi) is 4.79. The Morgan fingerprint density at radius 3 is 2.24 bits per heavy atom. The van der Waals surface area contributed by atoms with Crippen molar-refractivity contribution in [3.05, 3.63) is 28.3 Å². The fourth-order valence-electron chi connectivity index (χ4n) is 2.46. The van der Waals surface area contributed by atoms with Gasteiger partial charge in [0.1, 0.15) is 4.90 Å². The molecule has 0 aromatic heterocycles. The minimum absolute atomic E-state index is 0.0441. The number of nitro groups is 1. The number of nitrogen functional groups attached to an aromatic ring is 1.